The molecule has 0 radical (unpaired) electrons. The van der Waals surface area contributed by atoms with Crippen LogP contribution in [-0.2, 0) is 0 Å². The van der Waals surface area contributed by atoms with E-state index in [2.05, 4.69) is 37.3 Å². The molecule has 0 spiro atoms. The zero-order valence-electron chi connectivity index (χ0n) is 12.6. The third kappa shape index (κ3) is 4.04. The average Bonchev–Trinajstić information content (AvgIpc) is 2.62. The summed E-state index contributed by atoms with van der Waals surface area (Å²) in [5.74, 6) is 0. The van der Waals surface area contributed by atoms with Crippen molar-refractivity contribution in [1.29, 1.82) is 0 Å². The van der Waals surface area contributed by atoms with Gasteiger partial charge < -0.3 is 0 Å². The second-order valence-corrected chi connectivity index (χ2v) is 6.97. The fourth-order valence-electron chi connectivity index (χ4n) is 2.22. The van der Waals surface area contributed by atoms with E-state index in [0.717, 1.165) is 32.3 Å². The molecule has 3 rings (SSSR count). The lowest BCUT2D eigenvalue weighted by Crippen LogP contribution is -2.24. The van der Waals surface area contributed by atoms with Crippen molar-refractivity contribution in [3.63, 3.8) is 0 Å². The molecule has 0 aliphatic carbocycles. The van der Waals surface area contributed by atoms with E-state index >= 15 is 0 Å². The minimum Gasteiger partial charge on any atom is -0.298 e. The highest BCUT2D eigenvalue weighted by atomic mass is 79.9. The standard InChI is InChI=1S/C19H14Br2N2O/c20-15-3-7-17(8-4-15)22-23(19-11-5-16(21)6-12-19)18-9-1-14(13-24)2-10-18/h1-13,22H. The van der Waals surface area contributed by atoms with Crippen molar-refractivity contribution < 1.29 is 4.79 Å². The molecule has 0 amide bonds. The van der Waals surface area contributed by atoms with Crippen molar-refractivity contribution in [2.75, 3.05) is 10.4 Å². The van der Waals surface area contributed by atoms with Gasteiger partial charge in [0.1, 0.15) is 6.29 Å². The van der Waals surface area contributed by atoms with Crippen LogP contribution in [0.15, 0.2) is 81.7 Å². The first-order valence-electron chi connectivity index (χ1n) is 7.29. The van der Waals surface area contributed by atoms with Crippen LogP contribution >= 0.6 is 31.9 Å². The van der Waals surface area contributed by atoms with Gasteiger partial charge in [0.25, 0.3) is 0 Å². The molecule has 24 heavy (non-hydrogen) atoms. The van der Waals surface area contributed by atoms with Crippen LogP contribution in [0.1, 0.15) is 10.4 Å². The van der Waals surface area contributed by atoms with Crippen molar-refractivity contribution in [3.05, 3.63) is 87.3 Å². The third-order valence-electron chi connectivity index (χ3n) is 3.46. The van der Waals surface area contributed by atoms with E-state index < -0.39 is 0 Å². The number of carbonyl (C=O) groups is 1. The maximum Gasteiger partial charge on any atom is 0.150 e. The summed E-state index contributed by atoms with van der Waals surface area (Å²) in [6, 6.07) is 23.4. The monoisotopic (exact) mass is 444 g/mol. The summed E-state index contributed by atoms with van der Waals surface area (Å²) in [6.07, 6.45) is 0.843. The lowest BCUT2D eigenvalue weighted by atomic mass is 10.2. The van der Waals surface area contributed by atoms with Crippen LogP contribution in [0.4, 0.5) is 17.1 Å². The molecule has 0 aromatic heterocycles. The van der Waals surface area contributed by atoms with Gasteiger partial charge in [0.2, 0.25) is 0 Å². The molecule has 1 N–H and O–H groups in total. The number of nitrogens with one attached hydrogen (secondary N) is 1. The van der Waals surface area contributed by atoms with Gasteiger partial charge in [-0.3, -0.25) is 15.2 Å². The Kier molecular flexibility index (Phi) is 5.33. The number of carbonyl (C=O) groups excluding carboxylic acids is 1. The predicted octanol–water partition coefficient (Wildman–Crippen LogP) is 6.19. The molecule has 3 nitrogen and oxygen atoms in total. The summed E-state index contributed by atoms with van der Waals surface area (Å²) in [5.41, 5.74) is 6.94. The van der Waals surface area contributed by atoms with Crippen LogP contribution in [-0.4, -0.2) is 6.29 Å². The Bertz CT molecular complexity index is 815. The van der Waals surface area contributed by atoms with Gasteiger partial charge in [-0.05, 0) is 72.8 Å². The van der Waals surface area contributed by atoms with E-state index in [4.69, 9.17) is 0 Å². The molecular weight excluding hydrogens is 432 g/mol. The molecule has 5 heteroatoms. The number of rotatable bonds is 5. The molecule has 0 bridgehead atoms. The minimum absolute atomic E-state index is 0.651. The predicted molar refractivity (Wildman–Crippen MR) is 106 cm³/mol. The number of benzene rings is 3. The summed E-state index contributed by atoms with van der Waals surface area (Å²) >= 11 is 6.91. The first kappa shape index (κ1) is 16.7. The van der Waals surface area contributed by atoms with Gasteiger partial charge in [0, 0.05) is 14.5 Å². The Morgan fingerprint density at radius 2 is 1.17 bits per heavy atom. The number of aldehydes is 1. The van der Waals surface area contributed by atoms with Gasteiger partial charge in [-0.1, -0.05) is 31.9 Å². The van der Waals surface area contributed by atoms with E-state index in [1.54, 1.807) is 12.1 Å². The molecule has 0 unspecified atom stereocenters. The average molecular weight is 446 g/mol. The minimum atomic E-state index is 0.651. The maximum absolute atomic E-state index is 10.9. The topological polar surface area (TPSA) is 32.3 Å². The van der Waals surface area contributed by atoms with Crippen molar-refractivity contribution in [3.8, 4) is 0 Å². The second-order valence-electron chi connectivity index (χ2n) is 5.14. The third-order valence-corrected chi connectivity index (χ3v) is 4.51. The van der Waals surface area contributed by atoms with Gasteiger partial charge in [0.05, 0.1) is 17.1 Å². The van der Waals surface area contributed by atoms with Gasteiger partial charge in [-0.15, -0.1) is 0 Å². The highest BCUT2D eigenvalue weighted by Crippen LogP contribution is 2.28. The zero-order valence-corrected chi connectivity index (χ0v) is 15.8. The Morgan fingerprint density at radius 3 is 1.67 bits per heavy atom. The fraction of sp³-hybridized carbons (Fsp3) is 0. The van der Waals surface area contributed by atoms with Crippen molar-refractivity contribution >= 4 is 55.2 Å². The van der Waals surface area contributed by atoms with Crippen molar-refractivity contribution in [1.82, 2.24) is 0 Å². The number of hydrogen-bond donors (Lipinski definition) is 1. The first-order chi connectivity index (χ1) is 11.7. The molecule has 3 aromatic carbocycles. The summed E-state index contributed by atoms with van der Waals surface area (Å²) < 4.78 is 2.05. The highest BCUT2D eigenvalue weighted by molar-refractivity contribution is 9.10. The summed E-state index contributed by atoms with van der Waals surface area (Å²) in [6.45, 7) is 0. The molecule has 0 atom stereocenters. The largest absolute Gasteiger partial charge is 0.298 e. The molecule has 0 fully saturated rings. The quantitative estimate of drug-likeness (QED) is 0.375. The Hall–Kier alpha value is -2.11. The Balaban J connectivity index is 1.97. The van der Waals surface area contributed by atoms with E-state index in [1.165, 1.54) is 0 Å². The summed E-state index contributed by atoms with van der Waals surface area (Å²) in [7, 11) is 0. The van der Waals surface area contributed by atoms with Crippen molar-refractivity contribution in [2.45, 2.75) is 0 Å². The summed E-state index contributed by atoms with van der Waals surface area (Å²) in [5, 5.41) is 1.98. The highest BCUT2D eigenvalue weighted by Gasteiger charge is 2.10. The fourth-order valence-corrected chi connectivity index (χ4v) is 2.75. The molecule has 3 aromatic rings. The molecule has 0 aliphatic rings. The van der Waals surface area contributed by atoms with Gasteiger partial charge >= 0.3 is 0 Å². The van der Waals surface area contributed by atoms with Crippen LogP contribution in [0.5, 0.6) is 0 Å². The molecule has 0 heterocycles. The van der Waals surface area contributed by atoms with E-state index in [-0.39, 0.29) is 0 Å². The van der Waals surface area contributed by atoms with Crippen LogP contribution < -0.4 is 10.4 Å². The second kappa shape index (κ2) is 7.64. The first-order valence-corrected chi connectivity index (χ1v) is 8.87. The van der Waals surface area contributed by atoms with Crippen molar-refractivity contribution in [2.24, 2.45) is 0 Å². The smallest absolute Gasteiger partial charge is 0.150 e. The summed E-state index contributed by atoms with van der Waals surface area (Å²) in [4.78, 5) is 10.9. The van der Waals surface area contributed by atoms with Gasteiger partial charge in [-0.2, -0.15) is 0 Å². The van der Waals surface area contributed by atoms with Gasteiger partial charge in [0.15, 0.2) is 0 Å². The van der Waals surface area contributed by atoms with Crippen LogP contribution in [0.25, 0.3) is 0 Å². The Morgan fingerprint density at radius 1 is 0.708 bits per heavy atom. The number of anilines is 3. The molecule has 0 saturated heterocycles. The lowest BCUT2D eigenvalue weighted by molar-refractivity contribution is 0.112. The van der Waals surface area contributed by atoms with E-state index in [0.29, 0.717) is 5.56 Å². The number of halogens is 2. The SMILES string of the molecule is O=Cc1ccc(N(Nc2ccc(Br)cc2)c2ccc(Br)cc2)cc1. The normalized spacial score (nSPS) is 10.2. The zero-order chi connectivity index (χ0) is 16.9. The van der Waals surface area contributed by atoms with Crippen LogP contribution in [0, 0.1) is 0 Å². The maximum atomic E-state index is 10.9. The lowest BCUT2D eigenvalue weighted by Gasteiger charge is -2.27. The Labute approximate surface area is 157 Å². The molecular formula is C19H14Br2N2O. The molecule has 0 saturated carbocycles. The molecule has 120 valence electrons. The van der Waals surface area contributed by atoms with Crippen LogP contribution in [0.3, 0.4) is 0 Å². The molecule has 0 aliphatic heterocycles. The van der Waals surface area contributed by atoms with Gasteiger partial charge in [-0.25, -0.2) is 0 Å². The van der Waals surface area contributed by atoms with E-state index in [1.807, 2.05) is 65.7 Å². The van der Waals surface area contributed by atoms with Crippen LogP contribution in [0.2, 0.25) is 0 Å². The number of nitrogens with zero attached hydrogens (tertiary/aromatic N) is 1. The van der Waals surface area contributed by atoms with E-state index in [9.17, 15) is 4.79 Å². The number of hydrogen-bond acceptors (Lipinski definition) is 3. The number of hydrazine groups is 1.